The quantitative estimate of drug-likeness (QED) is 0.568. The lowest BCUT2D eigenvalue weighted by Gasteiger charge is -2.62. The van der Waals surface area contributed by atoms with Crippen LogP contribution in [0, 0.1) is 22.7 Å². The molecule has 3 saturated carbocycles. The number of ether oxygens (including phenoxy) is 1. The molecule has 0 aromatic heterocycles. The summed E-state index contributed by atoms with van der Waals surface area (Å²) in [6.07, 6.45) is 1.74. The van der Waals surface area contributed by atoms with Gasteiger partial charge in [-0.2, -0.15) is 0 Å². The highest BCUT2D eigenvalue weighted by Crippen LogP contribution is 2.69. The van der Waals surface area contributed by atoms with Crippen LogP contribution in [0.15, 0.2) is 23.8 Å². The molecule has 4 aliphatic carbocycles. The number of carbonyl (C=O) groups excluding carboxylic acids is 3. The summed E-state index contributed by atoms with van der Waals surface area (Å²) in [5.41, 5.74) is -6.28. The molecule has 8 heteroatoms. The number of ketones is 2. The lowest BCUT2D eigenvalue weighted by Crippen LogP contribution is -2.69. The van der Waals surface area contributed by atoms with Crippen molar-refractivity contribution in [1.82, 2.24) is 0 Å². The van der Waals surface area contributed by atoms with Crippen molar-refractivity contribution < 1.29 is 38.8 Å². The summed E-state index contributed by atoms with van der Waals surface area (Å²) in [4.78, 5) is 35.9. The first-order valence-corrected chi connectivity index (χ1v) is 10.7. The topological polar surface area (TPSA) is 121 Å². The van der Waals surface area contributed by atoms with Gasteiger partial charge >= 0.3 is 5.97 Å². The maximum atomic E-state index is 16.9. The van der Waals surface area contributed by atoms with Crippen molar-refractivity contribution in [3.8, 4) is 0 Å². The molecule has 4 aliphatic rings. The molecule has 31 heavy (non-hydrogen) atoms. The molecule has 0 bridgehead atoms. The van der Waals surface area contributed by atoms with Crippen molar-refractivity contribution in [3.05, 3.63) is 23.8 Å². The molecule has 0 radical (unpaired) electrons. The Hall–Kier alpha value is -1.90. The number of halogens is 1. The van der Waals surface area contributed by atoms with Crippen molar-refractivity contribution in [2.75, 3.05) is 6.61 Å². The Morgan fingerprint density at radius 2 is 1.90 bits per heavy atom. The van der Waals surface area contributed by atoms with Crippen LogP contribution in [0.25, 0.3) is 0 Å². The average molecular weight is 436 g/mol. The smallest absolute Gasteiger partial charge is 0.303 e. The molecule has 0 saturated heterocycles. The lowest BCUT2D eigenvalue weighted by atomic mass is 9.44. The molecule has 3 fully saturated rings. The molecule has 3 unspecified atom stereocenters. The zero-order chi connectivity index (χ0) is 23.0. The van der Waals surface area contributed by atoms with E-state index in [1.807, 2.05) is 0 Å². The van der Waals surface area contributed by atoms with Gasteiger partial charge in [-0.15, -0.1) is 0 Å². The first-order valence-electron chi connectivity index (χ1n) is 10.7. The van der Waals surface area contributed by atoms with Crippen molar-refractivity contribution in [2.45, 2.75) is 69.9 Å². The van der Waals surface area contributed by atoms with Gasteiger partial charge in [-0.3, -0.25) is 14.4 Å². The van der Waals surface area contributed by atoms with Crippen LogP contribution in [-0.4, -0.2) is 62.9 Å². The molecular weight excluding hydrogens is 407 g/mol. The summed E-state index contributed by atoms with van der Waals surface area (Å²) in [5, 5.41) is 33.4. The Morgan fingerprint density at radius 1 is 1.23 bits per heavy atom. The summed E-state index contributed by atoms with van der Waals surface area (Å²) >= 11 is 0. The van der Waals surface area contributed by atoms with E-state index in [0.29, 0.717) is 18.4 Å². The van der Waals surface area contributed by atoms with Gasteiger partial charge in [0.25, 0.3) is 0 Å². The lowest BCUT2D eigenvalue weighted by molar-refractivity contribution is -0.222. The van der Waals surface area contributed by atoms with Gasteiger partial charge < -0.3 is 20.1 Å². The molecule has 3 N–H and O–H groups in total. The highest BCUT2D eigenvalue weighted by atomic mass is 19.1. The minimum Gasteiger partial charge on any atom is -0.458 e. The van der Waals surface area contributed by atoms with Crippen molar-refractivity contribution in [3.63, 3.8) is 0 Å². The average Bonchev–Trinajstić information content (AvgIpc) is 2.89. The fraction of sp³-hybridized carbons (Fsp3) is 0.696. The second kappa shape index (κ2) is 6.80. The van der Waals surface area contributed by atoms with Crippen molar-refractivity contribution in [2.24, 2.45) is 22.7 Å². The monoisotopic (exact) mass is 436 g/mol. The van der Waals surface area contributed by atoms with Crippen LogP contribution in [0.1, 0.15) is 46.5 Å². The fourth-order valence-corrected chi connectivity index (χ4v) is 7.01. The molecular formula is C23H29FO7. The van der Waals surface area contributed by atoms with Crippen LogP contribution in [-0.2, 0) is 19.1 Å². The van der Waals surface area contributed by atoms with Crippen LogP contribution >= 0.6 is 0 Å². The standard InChI is InChI=1S/C23H29FO7/c1-12(25)31-11-19(29)23(30)17(27)9-16-15-5-4-13-8-14(26)6-7-20(13,2)22(15,24)18(28)10-21(16,23)3/h6-8,15-18,27-28,30H,4-5,9-11H2,1-3H3/t15-,16-,17?,18?,20-,21-,22?,23-/m0/s1. The van der Waals surface area contributed by atoms with Gasteiger partial charge in [-0.25, -0.2) is 4.39 Å². The SMILES string of the molecule is CC(=O)OCC(=O)[C@@]1(O)C(O)C[C@H]2[C@@H]3CCC4=CC(=O)C=C[C@]4(C)C3(F)C(O)C[C@@]21C. The van der Waals surface area contributed by atoms with Crippen LogP contribution in [0.3, 0.4) is 0 Å². The van der Waals surface area contributed by atoms with E-state index < -0.39 is 64.5 Å². The molecule has 4 rings (SSSR count). The second-order valence-corrected chi connectivity index (χ2v) is 9.99. The van der Waals surface area contributed by atoms with Crippen LogP contribution in [0.2, 0.25) is 0 Å². The molecule has 0 amide bonds. The van der Waals surface area contributed by atoms with Crippen LogP contribution in [0.4, 0.5) is 4.39 Å². The van der Waals surface area contributed by atoms with Crippen LogP contribution in [0.5, 0.6) is 0 Å². The number of allylic oxidation sites excluding steroid dienone is 4. The number of Topliss-reactive ketones (excluding diaryl/α,β-unsaturated/α-hetero) is 1. The van der Waals surface area contributed by atoms with Gasteiger partial charge in [0.05, 0.1) is 12.2 Å². The van der Waals surface area contributed by atoms with Crippen molar-refractivity contribution in [1.29, 1.82) is 0 Å². The number of alkyl halides is 1. The van der Waals surface area contributed by atoms with Gasteiger partial charge in [-0.05, 0) is 50.7 Å². The Kier molecular flexibility index (Phi) is 4.89. The summed E-state index contributed by atoms with van der Waals surface area (Å²) in [6.45, 7) is 3.69. The number of aliphatic hydroxyl groups is 3. The zero-order valence-corrected chi connectivity index (χ0v) is 17.9. The maximum absolute atomic E-state index is 16.9. The Labute approximate surface area is 180 Å². The van der Waals surface area contributed by atoms with E-state index >= 15 is 4.39 Å². The van der Waals surface area contributed by atoms with Gasteiger partial charge in [0, 0.05) is 23.7 Å². The van der Waals surface area contributed by atoms with E-state index in [4.69, 9.17) is 4.74 Å². The normalized spacial score (nSPS) is 48.4. The molecule has 0 aromatic rings. The Bertz CT molecular complexity index is 912. The summed E-state index contributed by atoms with van der Waals surface area (Å²) in [5.74, 6) is -3.11. The van der Waals surface area contributed by atoms with Gasteiger partial charge in [0.2, 0.25) is 5.78 Å². The van der Waals surface area contributed by atoms with Crippen LogP contribution < -0.4 is 0 Å². The van der Waals surface area contributed by atoms with E-state index in [1.54, 1.807) is 13.8 Å². The predicted molar refractivity (Wildman–Crippen MR) is 106 cm³/mol. The van der Waals surface area contributed by atoms with Gasteiger partial charge in [-0.1, -0.05) is 18.6 Å². The summed E-state index contributed by atoms with van der Waals surface area (Å²) in [6, 6.07) is 0. The minimum atomic E-state index is -2.27. The molecule has 7 nitrogen and oxygen atoms in total. The van der Waals surface area contributed by atoms with Gasteiger partial charge in [0.1, 0.15) is 0 Å². The molecule has 0 heterocycles. The van der Waals surface area contributed by atoms with E-state index in [-0.39, 0.29) is 18.6 Å². The van der Waals surface area contributed by atoms with E-state index in [1.165, 1.54) is 18.2 Å². The third kappa shape index (κ3) is 2.64. The van der Waals surface area contributed by atoms with Gasteiger partial charge in [0.15, 0.2) is 23.7 Å². The summed E-state index contributed by atoms with van der Waals surface area (Å²) in [7, 11) is 0. The predicted octanol–water partition coefficient (Wildman–Crippen LogP) is 1.19. The number of hydrogen-bond donors (Lipinski definition) is 3. The Morgan fingerprint density at radius 3 is 2.55 bits per heavy atom. The largest absolute Gasteiger partial charge is 0.458 e. The zero-order valence-electron chi connectivity index (χ0n) is 17.9. The number of fused-ring (bicyclic) bond motifs is 5. The van der Waals surface area contributed by atoms with E-state index in [0.717, 1.165) is 6.92 Å². The fourth-order valence-electron chi connectivity index (χ4n) is 7.01. The summed E-state index contributed by atoms with van der Waals surface area (Å²) < 4.78 is 21.7. The molecule has 0 aromatic carbocycles. The third-order valence-corrected chi connectivity index (χ3v) is 8.69. The third-order valence-electron chi connectivity index (χ3n) is 8.69. The number of esters is 1. The van der Waals surface area contributed by atoms with E-state index in [9.17, 15) is 29.7 Å². The highest BCUT2D eigenvalue weighted by molar-refractivity contribution is 6.01. The number of hydrogen-bond acceptors (Lipinski definition) is 7. The highest BCUT2D eigenvalue weighted by Gasteiger charge is 2.76. The van der Waals surface area contributed by atoms with E-state index in [2.05, 4.69) is 0 Å². The first-order chi connectivity index (χ1) is 14.3. The Balaban J connectivity index is 1.76. The molecule has 0 spiro atoms. The first kappa shape index (κ1) is 22.3. The second-order valence-electron chi connectivity index (χ2n) is 9.99. The molecule has 0 aliphatic heterocycles. The number of aliphatic hydroxyl groups excluding tert-OH is 2. The number of rotatable bonds is 3. The van der Waals surface area contributed by atoms with Crippen molar-refractivity contribution >= 4 is 17.5 Å². The molecule has 8 atom stereocenters. The minimum absolute atomic E-state index is 0.0142. The maximum Gasteiger partial charge on any atom is 0.303 e. The molecule has 170 valence electrons. The number of carbonyl (C=O) groups is 3.